The molecular weight excluding hydrogens is 614 g/mol. The Kier molecular flexibility index (Phi) is 8.76. The average Bonchev–Trinajstić information content (AvgIpc) is 3.49. The number of aromatic amines is 1. The second-order valence-corrected chi connectivity index (χ2v) is 11.3. The lowest BCUT2D eigenvalue weighted by Crippen LogP contribution is -2.24. The summed E-state index contributed by atoms with van der Waals surface area (Å²) in [6.07, 6.45) is -7.19. The molecule has 0 saturated heterocycles. The average molecular weight is 637 g/mol. The third kappa shape index (κ3) is 7.92. The van der Waals surface area contributed by atoms with Crippen LogP contribution in [0.2, 0.25) is 0 Å². The third-order valence-corrected chi connectivity index (χ3v) is 7.53. The molecule has 43 heavy (non-hydrogen) atoms. The van der Waals surface area contributed by atoms with Crippen LogP contribution in [0.4, 0.5) is 26.3 Å². The quantitative estimate of drug-likeness (QED) is 0.113. The van der Waals surface area contributed by atoms with Crippen molar-refractivity contribution in [3.63, 3.8) is 0 Å². The van der Waals surface area contributed by atoms with Gasteiger partial charge in [0.1, 0.15) is 5.75 Å². The molecule has 0 aliphatic carbocycles. The molecule has 4 aromatic rings. The molecule has 0 amide bonds. The first-order chi connectivity index (χ1) is 20.3. The number of fused-ring (bicyclic) bond motifs is 1. The van der Waals surface area contributed by atoms with Gasteiger partial charge < -0.3 is 19.6 Å². The molecule has 0 spiro atoms. The zero-order valence-corrected chi connectivity index (χ0v) is 23.6. The van der Waals surface area contributed by atoms with Crippen molar-refractivity contribution in [2.45, 2.75) is 38.1 Å². The second-order valence-electron chi connectivity index (χ2n) is 9.57. The maximum Gasteiger partial charge on any atom is 0.416 e. The number of nitrogens with one attached hydrogen (secondary N) is 1. The number of H-pyrrole nitrogens is 1. The van der Waals surface area contributed by atoms with Crippen LogP contribution in [-0.4, -0.2) is 16.4 Å². The van der Waals surface area contributed by atoms with Crippen molar-refractivity contribution in [3.8, 4) is 11.6 Å². The summed E-state index contributed by atoms with van der Waals surface area (Å²) in [6.45, 7) is 0.0284. The normalized spacial score (nSPS) is 14.7. The number of hydrogen-bond acceptors (Lipinski definition) is 6. The number of alkyl halides is 6. The topological polar surface area (TPSA) is 66.8 Å². The minimum absolute atomic E-state index is 0.0284. The first kappa shape index (κ1) is 30.5. The summed E-state index contributed by atoms with van der Waals surface area (Å²) in [5.41, 5.74) is -0.771. The zero-order valence-electron chi connectivity index (χ0n) is 22.0. The van der Waals surface area contributed by atoms with Crippen LogP contribution >= 0.6 is 23.6 Å². The number of thiazole rings is 1. The number of hydrogen-bond donors (Lipinski definition) is 2. The number of halogens is 6. The van der Waals surface area contributed by atoms with Gasteiger partial charge >= 0.3 is 12.4 Å². The maximum atomic E-state index is 13.4. The van der Waals surface area contributed by atoms with Crippen LogP contribution in [0.25, 0.3) is 12.2 Å². The van der Waals surface area contributed by atoms with Crippen molar-refractivity contribution in [2.24, 2.45) is 4.99 Å². The van der Waals surface area contributed by atoms with Crippen molar-refractivity contribution in [1.82, 2.24) is 4.98 Å². The van der Waals surface area contributed by atoms with Crippen molar-refractivity contribution in [1.29, 1.82) is 0 Å². The van der Waals surface area contributed by atoms with Crippen LogP contribution in [0.5, 0.6) is 11.6 Å². The van der Waals surface area contributed by atoms with Gasteiger partial charge in [0.2, 0.25) is 5.88 Å². The van der Waals surface area contributed by atoms with E-state index in [2.05, 4.69) is 9.98 Å². The molecule has 3 aromatic carbocycles. The Hall–Kier alpha value is -3.94. The number of benzene rings is 3. The number of aromatic hydroxyl groups is 1. The molecule has 5 nitrogen and oxygen atoms in total. The van der Waals surface area contributed by atoms with Crippen molar-refractivity contribution >= 4 is 35.7 Å². The summed E-state index contributed by atoms with van der Waals surface area (Å²) in [5, 5.41) is 11.5. The highest BCUT2D eigenvalue weighted by Gasteiger charge is 2.37. The number of aromatic nitrogens is 1. The number of nitrogens with zero attached hydrogens (tertiary/aromatic N) is 1. The van der Waals surface area contributed by atoms with Gasteiger partial charge in [0.15, 0.2) is 10.2 Å². The number of allylic oxidation sites excluding steroid dienone is 1. The van der Waals surface area contributed by atoms with Gasteiger partial charge in [-0.25, -0.2) is 4.99 Å². The largest absolute Gasteiger partial charge is 0.494 e. The molecular formula is C30H22F6N2O3S2. The van der Waals surface area contributed by atoms with Crippen LogP contribution in [-0.2, 0) is 30.1 Å². The number of rotatable bonds is 9. The Balaban J connectivity index is 1.37. The lowest BCUT2D eigenvalue weighted by atomic mass is 10.1. The van der Waals surface area contributed by atoms with Crippen LogP contribution in [0, 0.1) is 3.95 Å². The summed E-state index contributed by atoms with van der Waals surface area (Å²) in [6, 6.07) is 15.5. The molecule has 0 radical (unpaired) electrons. The van der Waals surface area contributed by atoms with Crippen molar-refractivity contribution in [2.75, 3.05) is 0 Å². The lowest BCUT2D eigenvalue weighted by Gasteiger charge is -2.22. The van der Waals surface area contributed by atoms with Gasteiger partial charge in [-0.05, 0) is 72.2 Å². The van der Waals surface area contributed by atoms with Gasteiger partial charge in [0, 0.05) is 11.6 Å². The van der Waals surface area contributed by atoms with E-state index >= 15 is 0 Å². The Bertz CT molecular complexity index is 1800. The fourth-order valence-electron chi connectivity index (χ4n) is 4.32. The molecule has 224 valence electrons. The Morgan fingerprint density at radius 2 is 1.63 bits per heavy atom. The van der Waals surface area contributed by atoms with E-state index in [0.29, 0.717) is 38.4 Å². The molecule has 5 rings (SSSR count). The van der Waals surface area contributed by atoms with E-state index in [9.17, 15) is 31.4 Å². The highest BCUT2D eigenvalue weighted by atomic mass is 32.1. The summed E-state index contributed by atoms with van der Waals surface area (Å²) in [4.78, 5) is 7.71. The first-order valence-corrected chi connectivity index (χ1v) is 14.0. The molecule has 1 aliphatic rings. The summed E-state index contributed by atoms with van der Waals surface area (Å²) >= 11 is 6.25. The molecule has 1 aromatic heterocycles. The SMILES string of the molecule is Oc1[nH]c(=S)sc1C=C1C=c2cc(CCC(OCc3ccccc3)Oc3cc(C(F)(F)F)cc(C(F)(F)F)c3)ccc2=N1. The molecule has 2 heterocycles. The van der Waals surface area contributed by atoms with Gasteiger partial charge in [-0.2, -0.15) is 26.3 Å². The van der Waals surface area contributed by atoms with Gasteiger partial charge in [-0.1, -0.05) is 36.4 Å². The van der Waals surface area contributed by atoms with E-state index in [4.69, 9.17) is 21.7 Å². The predicted molar refractivity (Wildman–Crippen MR) is 151 cm³/mol. The van der Waals surface area contributed by atoms with E-state index < -0.39 is 35.5 Å². The Morgan fingerprint density at radius 1 is 0.930 bits per heavy atom. The number of aryl methyl sites for hydroxylation is 1. The fourth-order valence-corrected chi connectivity index (χ4v) is 5.36. The minimum atomic E-state index is -5.01. The molecule has 1 atom stereocenters. The molecule has 2 N–H and O–H groups in total. The highest BCUT2D eigenvalue weighted by molar-refractivity contribution is 7.73. The molecule has 13 heteroatoms. The Labute approximate surface area is 250 Å². The van der Waals surface area contributed by atoms with Gasteiger partial charge in [0.25, 0.3) is 0 Å². The second kappa shape index (κ2) is 12.3. The van der Waals surface area contributed by atoms with Crippen LogP contribution in [0.3, 0.4) is 0 Å². The summed E-state index contributed by atoms with van der Waals surface area (Å²) in [5.74, 6) is -0.653. The van der Waals surface area contributed by atoms with E-state index in [0.717, 1.165) is 16.3 Å². The van der Waals surface area contributed by atoms with Gasteiger partial charge in [0.05, 0.1) is 33.7 Å². The molecule has 1 aliphatic heterocycles. The highest BCUT2D eigenvalue weighted by Crippen LogP contribution is 2.38. The summed E-state index contributed by atoms with van der Waals surface area (Å²) < 4.78 is 92.3. The summed E-state index contributed by atoms with van der Waals surface area (Å²) in [7, 11) is 0. The van der Waals surface area contributed by atoms with Crippen LogP contribution in [0.15, 0.2) is 77.4 Å². The van der Waals surface area contributed by atoms with Crippen molar-refractivity contribution < 1.29 is 40.9 Å². The number of ether oxygens (including phenoxy) is 2. The predicted octanol–water partition coefficient (Wildman–Crippen LogP) is 7.56. The van der Waals surface area contributed by atoms with Crippen LogP contribution in [0.1, 0.15) is 33.6 Å². The maximum absolute atomic E-state index is 13.4. The van der Waals surface area contributed by atoms with E-state index in [1.807, 2.05) is 18.2 Å². The van der Waals surface area contributed by atoms with Crippen molar-refractivity contribution in [3.05, 3.63) is 114 Å². The van der Waals surface area contributed by atoms with E-state index in [-0.39, 0.29) is 25.0 Å². The van der Waals surface area contributed by atoms with Gasteiger partial charge in [-0.15, -0.1) is 11.3 Å². The van der Waals surface area contributed by atoms with E-state index in [1.54, 1.807) is 42.5 Å². The third-order valence-electron chi connectivity index (χ3n) is 6.36. The van der Waals surface area contributed by atoms with Crippen LogP contribution < -0.4 is 15.3 Å². The molecule has 0 saturated carbocycles. The molecule has 0 bridgehead atoms. The first-order valence-electron chi connectivity index (χ1n) is 12.8. The molecule has 1 unspecified atom stereocenters. The fraction of sp³-hybridized carbons (Fsp3) is 0.200. The lowest BCUT2D eigenvalue weighted by molar-refractivity contribution is -0.144. The van der Waals surface area contributed by atoms with Gasteiger partial charge in [-0.3, -0.25) is 0 Å². The minimum Gasteiger partial charge on any atom is -0.494 e. The Morgan fingerprint density at radius 3 is 2.26 bits per heavy atom. The zero-order chi connectivity index (χ0) is 30.8. The van der Waals surface area contributed by atoms with E-state index in [1.165, 1.54) is 11.3 Å². The smallest absolute Gasteiger partial charge is 0.416 e. The standard InChI is InChI=1S/C30H22F6N2O3S2/c31-29(32,33)20-12-21(30(34,35)36)14-23(13-20)41-26(40-16-18-4-2-1-3-5-18)9-7-17-6-8-24-19(10-17)11-22(37-24)15-25-27(39)38-28(42)43-25/h1-6,8,10-15,26,39H,7,9,16H2,(H,38,42). The molecule has 0 fully saturated rings. The monoisotopic (exact) mass is 636 g/mol.